The molecule has 2 N–H and O–H groups in total. The number of hydrogen-bond acceptors (Lipinski definition) is 4. The van der Waals surface area contributed by atoms with Crippen molar-refractivity contribution in [2.24, 2.45) is 0 Å². The highest BCUT2D eigenvalue weighted by molar-refractivity contribution is 5.67. The lowest BCUT2D eigenvalue weighted by Crippen LogP contribution is -2.23. The quantitative estimate of drug-likeness (QED) is 0.578. The van der Waals surface area contributed by atoms with Crippen LogP contribution in [0.3, 0.4) is 0 Å². The molecule has 1 aliphatic carbocycles. The molecular weight excluding hydrogens is 358 g/mol. The van der Waals surface area contributed by atoms with Crippen molar-refractivity contribution in [3.63, 3.8) is 0 Å². The first-order valence-electron chi connectivity index (χ1n) is 9.60. The van der Waals surface area contributed by atoms with Crippen LogP contribution >= 0.6 is 0 Å². The SMILES string of the molecule is Fc1ccc(Nc2cc(-c3ccccc3)nc(NC3CCCCC3)n2)c(F)c1. The molecular formula is C22H22F2N4. The number of benzene rings is 2. The maximum atomic E-state index is 14.1. The third kappa shape index (κ3) is 4.44. The second-order valence-corrected chi connectivity index (χ2v) is 7.06. The monoisotopic (exact) mass is 380 g/mol. The summed E-state index contributed by atoms with van der Waals surface area (Å²) in [6.45, 7) is 0. The van der Waals surface area contributed by atoms with Crippen LogP contribution in [0.15, 0.2) is 54.6 Å². The van der Waals surface area contributed by atoms with Crippen LogP contribution in [-0.2, 0) is 0 Å². The van der Waals surface area contributed by atoms with Gasteiger partial charge in [0.1, 0.15) is 17.5 Å². The largest absolute Gasteiger partial charge is 0.351 e. The standard InChI is InChI=1S/C22H22F2N4/c23-16-11-12-19(18(24)13-16)26-21-14-20(15-7-3-1-4-8-15)27-22(28-21)25-17-9-5-2-6-10-17/h1,3-4,7-8,11-14,17H,2,5-6,9-10H2,(H2,25,26,27,28). The van der Waals surface area contributed by atoms with Crippen LogP contribution in [0.5, 0.6) is 0 Å². The first-order valence-corrected chi connectivity index (χ1v) is 9.60. The van der Waals surface area contributed by atoms with Crippen molar-refractivity contribution < 1.29 is 8.78 Å². The lowest BCUT2D eigenvalue weighted by molar-refractivity contribution is 0.461. The Kier molecular flexibility index (Phi) is 5.46. The number of hydrogen-bond donors (Lipinski definition) is 2. The molecule has 0 bridgehead atoms. The van der Waals surface area contributed by atoms with Crippen molar-refractivity contribution in [1.82, 2.24) is 9.97 Å². The summed E-state index contributed by atoms with van der Waals surface area (Å²) in [5.41, 5.74) is 1.85. The minimum absolute atomic E-state index is 0.169. The van der Waals surface area contributed by atoms with Gasteiger partial charge in [-0.05, 0) is 25.0 Å². The van der Waals surface area contributed by atoms with E-state index < -0.39 is 11.6 Å². The molecule has 1 saturated carbocycles. The van der Waals surface area contributed by atoms with E-state index in [0.29, 0.717) is 17.8 Å². The van der Waals surface area contributed by atoms with Gasteiger partial charge in [-0.15, -0.1) is 0 Å². The smallest absolute Gasteiger partial charge is 0.225 e. The Hall–Kier alpha value is -3.02. The fraction of sp³-hybridized carbons (Fsp3) is 0.273. The van der Waals surface area contributed by atoms with Crippen LogP contribution in [0, 0.1) is 11.6 Å². The van der Waals surface area contributed by atoms with Crippen molar-refractivity contribution in [3.8, 4) is 11.3 Å². The third-order valence-electron chi connectivity index (χ3n) is 4.93. The summed E-state index contributed by atoms with van der Waals surface area (Å²) < 4.78 is 27.3. The predicted molar refractivity (Wildman–Crippen MR) is 108 cm³/mol. The van der Waals surface area contributed by atoms with Gasteiger partial charge in [-0.1, -0.05) is 49.6 Å². The lowest BCUT2D eigenvalue weighted by atomic mass is 9.96. The molecule has 0 saturated heterocycles. The summed E-state index contributed by atoms with van der Waals surface area (Å²) in [6, 6.07) is 15.3. The van der Waals surface area contributed by atoms with Gasteiger partial charge >= 0.3 is 0 Å². The molecule has 0 atom stereocenters. The number of halogens is 2. The summed E-state index contributed by atoms with van der Waals surface area (Å²) in [5, 5.41) is 6.38. The van der Waals surface area contributed by atoms with Crippen molar-refractivity contribution in [3.05, 3.63) is 66.2 Å². The van der Waals surface area contributed by atoms with Gasteiger partial charge < -0.3 is 10.6 Å². The van der Waals surface area contributed by atoms with E-state index in [1.54, 1.807) is 6.07 Å². The Morgan fingerprint density at radius 2 is 1.64 bits per heavy atom. The molecule has 1 heterocycles. The Morgan fingerprint density at radius 3 is 2.39 bits per heavy atom. The van der Waals surface area contributed by atoms with E-state index in [2.05, 4.69) is 20.6 Å². The lowest BCUT2D eigenvalue weighted by Gasteiger charge is -2.23. The number of nitrogens with zero attached hydrogens (tertiary/aromatic N) is 2. The fourth-order valence-corrected chi connectivity index (χ4v) is 3.49. The van der Waals surface area contributed by atoms with E-state index in [1.807, 2.05) is 30.3 Å². The molecule has 144 valence electrons. The average molecular weight is 380 g/mol. The van der Waals surface area contributed by atoms with Crippen LogP contribution in [0.4, 0.5) is 26.2 Å². The van der Waals surface area contributed by atoms with Crippen LogP contribution in [0.25, 0.3) is 11.3 Å². The Labute approximate surface area is 163 Å². The molecule has 28 heavy (non-hydrogen) atoms. The molecule has 0 unspecified atom stereocenters. The second-order valence-electron chi connectivity index (χ2n) is 7.06. The summed E-state index contributed by atoms with van der Waals surface area (Å²) in [4.78, 5) is 9.18. The van der Waals surface area contributed by atoms with Gasteiger partial charge in [0, 0.05) is 23.7 Å². The van der Waals surface area contributed by atoms with Gasteiger partial charge in [0.25, 0.3) is 0 Å². The number of nitrogens with one attached hydrogen (secondary N) is 2. The molecule has 4 rings (SSSR count). The van der Waals surface area contributed by atoms with E-state index in [4.69, 9.17) is 0 Å². The van der Waals surface area contributed by atoms with Crippen LogP contribution in [0.1, 0.15) is 32.1 Å². The molecule has 6 heteroatoms. The third-order valence-corrected chi connectivity index (χ3v) is 4.93. The molecule has 1 aromatic heterocycles. The summed E-state index contributed by atoms with van der Waals surface area (Å²) in [5.74, 6) is -0.312. The van der Waals surface area contributed by atoms with Gasteiger partial charge in [-0.2, -0.15) is 4.98 Å². The van der Waals surface area contributed by atoms with Crippen molar-refractivity contribution >= 4 is 17.5 Å². The molecule has 1 aliphatic rings. The normalized spacial score (nSPS) is 14.6. The second kappa shape index (κ2) is 8.33. The highest BCUT2D eigenvalue weighted by Gasteiger charge is 2.16. The Balaban J connectivity index is 1.66. The average Bonchev–Trinajstić information content (AvgIpc) is 2.71. The van der Waals surface area contributed by atoms with Crippen molar-refractivity contribution in [2.75, 3.05) is 10.6 Å². The van der Waals surface area contributed by atoms with E-state index in [-0.39, 0.29) is 5.69 Å². The Morgan fingerprint density at radius 1 is 0.857 bits per heavy atom. The summed E-state index contributed by atoms with van der Waals surface area (Å²) >= 11 is 0. The first kappa shape index (κ1) is 18.3. The highest BCUT2D eigenvalue weighted by atomic mass is 19.1. The van der Waals surface area contributed by atoms with Gasteiger partial charge in [0.2, 0.25) is 5.95 Å². The minimum Gasteiger partial charge on any atom is -0.351 e. The van der Waals surface area contributed by atoms with Crippen LogP contribution in [-0.4, -0.2) is 16.0 Å². The number of aromatic nitrogens is 2. The minimum atomic E-state index is -0.665. The molecule has 0 amide bonds. The molecule has 4 nitrogen and oxygen atoms in total. The van der Waals surface area contributed by atoms with Gasteiger partial charge in [-0.3, -0.25) is 0 Å². The van der Waals surface area contributed by atoms with Gasteiger partial charge in [-0.25, -0.2) is 13.8 Å². The van der Waals surface area contributed by atoms with E-state index >= 15 is 0 Å². The van der Waals surface area contributed by atoms with Crippen LogP contribution < -0.4 is 10.6 Å². The molecule has 3 aromatic rings. The van der Waals surface area contributed by atoms with E-state index in [0.717, 1.165) is 30.2 Å². The topological polar surface area (TPSA) is 49.8 Å². The maximum Gasteiger partial charge on any atom is 0.225 e. The first-order chi connectivity index (χ1) is 13.7. The molecule has 1 fully saturated rings. The predicted octanol–water partition coefficient (Wildman–Crippen LogP) is 5.91. The maximum absolute atomic E-state index is 14.1. The molecule has 0 spiro atoms. The van der Waals surface area contributed by atoms with E-state index in [1.165, 1.54) is 31.4 Å². The zero-order valence-electron chi connectivity index (χ0n) is 15.5. The zero-order chi connectivity index (χ0) is 19.3. The zero-order valence-corrected chi connectivity index (χ0v) is 15.5. The Bertz CT molecular complexity index is 941. The fourth-order valence-electron chi connectivity index (χ4n) is 3.49. The highest BCUT2D eigenvalue weighted by Crippen LogP contribution is 2.27. The van der Waals surface area contributed by atoms with Crippen molar-refractivity contribution in [2.45, 2.75) is 38.1 Å². The molecule has 0 radical (unpaired) electrons. The van der Waals surface area contributed by atoms with Crippen molar-refractivity contribution in [1.29, 1.82) is 0 Å². The number of rotatable bonds is 5. The van der Waals surface area contributed by atoms with Crippen LogP contribution in [0.2, 0.25) is 0 Å². The molecule has 0 aliphatic heterocycles. The molecule has 2 aromatic carbocycles. The summed E-state index contributed by atoms with van der Waals surface area (Å²) in [7, 11) is 0. The summed E-state index contributed by atoms with van der Waals surface area (Å²) in [6.07, 6.45) is 5.84. The van der Waals surface area contributed by atoms with E-state index in [9.17, 15) is 8.78 Å². The number of anilines is 3. The van der Waals surface area contributed by atoms with Gasteiger partial charge in [0.15, 0.2) is 0 Å². The van der Waals surface area contributed by atoms with Gasteiger partial charge in [0.05, 0.1) is 11.4 Å².